The normalized spacial score (nSPS) is 20.6. The summed E-state index contributed by atoms with van der Waals surface area (Å²) in [5, 5.41) is 17.0. The van der Waals surface area contributed by atoms with Crippen LogP contribution < -0.4 is 16.0 Å². The van der Waals surface area contributed by atoms with E-state index in [0.29, 0.717) is 6.54 Å². The lowest BCUT2D eigenvalue weighted by molar-refractivity contribution is -0.144. The standard InChI is InChI=1S/C13H21N3O4/c1-13(11(18)19,9-4-5-9)16-12(20)15-7-6-14-10(17)8-2-3-8/h8-9H,2-7H2,1H3,(H,14,17)(H,18,19)(H2,15,16,20). The predicted octanol–water partition coefficient (Wildman–Crippen LogP) is 0.0651. The van der Waals surface area contributed by atoms with E-state index in [4.69, 9.17) is 0 Å². The highest BCUT2D eigenvalue weighted by Crippen LogP contribution is 2.39. The Morgan fingerprint density at radius 1 is 1.10 bits per heavy atom. The SMILES string of the molecule is CC(NC(=O)NCCNC(=O)C1CC1)(C(=O)O)C1CC1. The Morgan fingerprint density at radius 2 is 1.70 bits per heavy atom. The third-order valence-electron chi connectivity index (χ3n) is 3.87. The second-order valence-electron chi connectivity index (χ2n) is 5.73. The molecule has 0 aromatic carbocycles. The number of hydrogen-bond donors (Lipinski definition) is 4. The van der Waals surface area contributed by atoms with Gasteiger partial charge in [-0.2, -0.15) is 0 Å². The molecule has 2 aliphatic carbocycles. The number of urea groups is 1. The summed E-state index contributed by atoms with van der Waals surface area (Å²) in [5.41, 5.74) is -1.21. The lowest BCUT2D eigenvalue weighted by Crippen LogP contribution is -2.57. The van der Waals surface area contributed by atoms with Crippen molar-refractivity contribution in [2.45, 2.75) is 38.1 Å². The van der Waals surface area contributed by atoms with Crippen LogP contribution >= 0.6 is 0 Å². The third-order valence-corrected chi connectivity index (χ3v) is 3.87. The topological polar surface area (TPSA) is 108 Å². The minimum absolute atomic E-state index is 0.000296. The Bertz CT molecular complexity index is 418. The number of carbonyl (C=O) groups is 3. The van der Waals surface area contributed by atoms with Crippen LogP contribution in [0.3, 0.4) is 0 Å². The van der Waals surface area contributed by atoms with Gasteiger partial charge >= 0.3 is 12.0 Å². The zero-order chi connectivity index (χ0) is 14.8. The van der Waals surface area contributed by atoms with E-state index in [1.54, 1.807) is 0 Å². The average Bonchev–Trinajstić information content (AvgIpc) is 3.26. The van der Waals surface area contributed by atoms with Gasteiger partial charge in [0.15, 0.2) is 0 Å². The molecule has 0 radical (unpaired) electrons. The Hall–Kier alpha value is -1.79. The first-order valence-corrected chi connectivity index (χ1v) is 7.00. The number of carboxylic acid groups (broad SMARTS) is 1. The highest BCUT2D eigenvalue weighted by atomic mass is 16.4. The van der Waals surface area contributed by atoms with E-state index in [2.05, 4.69) is 16.0 Å². The van der Waals surface area contributed by atoms with Crippen molar-refractivity contribution in [3.63, 3.8) is 0 Å². The lowest BCUT2D eigenvalue weighted by atomic mass is 9.96. The molecule has 0 aromatic rings. The van der Waals surface area contributed by atoms with Gasteiger partial charge in [-0.15, -0.1) is 0 Å². The van der Waals surface area contributed by atoms with Gasteiger partial charge in [0.25, 0.3) is 0 Å². The van der Waals surface area contributed by atoms with Gasteiger partial charge in [0.1, 0.15) is 5.54 Å². The van der Waals surface area contributed by atoms with Crippen LogP contribution in [0.2, 0.25) is 0 Å². The van der Waals surface area contributed by atoms with Gasteiger partial charge in [-0.25, -0.2) is 9.59 Å². The summed E-state index contributed by atoms with van der Waals surface area (Å²) < 4.78 is 0. The smallest absolute Gasteiger partial charge is 0.329 e. The van der Waals surface area contributed by atoms with Gasteiger partial charge in [-0.3, -0.25) is 4.79 Å². The number of rotatable bonds is 7. The average molecular weight is 283 g/mol. The van der Waals surface area contributed by atoms with Crippen LogP contribution in [0.1, 0.15) is 32.6 Å². The molecule has 0 aromatic heterocycles. The molecule has 0 aliphatic heterocycles. The van der Waals surface area contributed by atoms with Crippen molar-refractivity contribution in [2.24, 2.45) is 11.8 Å². The quantitative estimate of drug-likeness (QED) is 0.496. The molecule has 0 heterocycles. The molecular weight excluding hydrogens is 262 g/mol. The maximum atomic E-state index is 11.7. The second-order valence-corrected chi connectivity index (χ2v) is 5.73. The minimum atomic E-state index is -1.21. The lowest BCUT2D eigenvalue weighted by Gasteiger charge is -2.26. The molecule has 0 saturated heterocycles. The van der Waals surface area contributed by atoms with Gasteiger partial charge in [-0.05, 0) is 38.5 Å². The van der Waals surface area contributed by atoms with Crippen LogP contribution in [0.15, 0.2) is 0 Å². The van der Waals surface area contributed by atoms with E-state index in [1.165, 1.54) is 6.92 Å². The summed E-state index contributed by atoms with van der Waals surface area (Å²) in [6.45, 7) is 2.17. The molecule has 0 bridgehead atoms. The molecule has 20 heavy (non-hydrogen) atoms. The summed E-state index contributed by atoms with van der Waals surface area (Å²) in [5.74, 6) is -0.841. The fraction of sp³-hybridized carbons (Fsp3) is 0.769. The number of carbonyl (C=O) groups excluding carboxylic acids is 2. The number of carboxylic acids is 1. The summed E-state index contributed by atoms with van der Waals surface area (Å²) in [6, 6.07) is -0.512. The van der Waals surface area contributed by atoms with E-state index in [0.717, 1.165) is 25.7 Å². The van der Waals surface area contributed by atoms with Crippen molar-refractivity contribution >= 4 is 17.9 Å². The van der Waals surface area contributed by atoms with Crippen molar-refractivity contribution in [2.75, 3.05) is 13.1 Å². The second kappa shape index (κ2) is 5.68. The van der Waals surface area contributed by atoms with Crippen molar-refractivity contribution in [1.29, 1.82) is 0 Å². The molecule has 112 valence electrons. The first-order chi connectivity index (χ1) is 9.43. The summed E-state index contributed by atoms with van der Waals surface area (Å²) in [4.78, 5) is 34.3. The zero-order valence-electron chi connectivity index (χ0n) is 11.6. The number of nitrogens with one attached hydrogen (secondary N) is 3. The summed E-state index contributed by atoms with van der Waals surface area (Å²) >= 11 is 0. The highest BCUT2D eigenvalue weighted by molar-refractivity contribution is 5.86. The summed E-state index contributed by atoms with van der Waals surface area (Å²) in [7, 11) is 0. The molecule has 1 unspecified atom stereocenters. The number of amides is 3. The van der Waals surface area contributed by atoms with Gasteiger partial charge in [-0.1, -0.05) is 0 Å². The summed E-state index contributed by atoms with van der Waals surface area (Å²) in [6.07, 6.45) is 3.53. The van der Waals surface area contributed by atoms with Gasteiger partial charge < -0.3 is 21.1 Å². The zero-order valence-corrected chi connectivity index (χ0v) is 11.6. The molecule has 4 N–H and O–H groups in total. The maximum absolute atomic E-state index is 11.7. The van der Waals surface area contributed by atoms with Crippen LogP contribution in [0.25, 0.3) is 0 Å². The number of aliphatic carboxylic acids is 1. The molecular formula is C13H21N3O4. The highest BCUT2D eigenvalue weighted by Gasteiger charge is 2.48. The Morgan fingerprint density at radius 3 is 2.20 bits per heavy atom. The van der Waals surface area contributed by atoms with Gasteiger partial charge in [0.05, 0.1) is 0 Å². The van der Waals surface area contributed by atoms with Crippen molar-refractivity contribution in [3.8, 4) is 0 Å². The van der Waals surface area contributed by atoms with E-state index >= 15 is 0 Å². The maximum Gasteiger partial charge on any atom is 0.329 e. The van der Waals surface area contributed by atoms with E-state index < -0.39 is 17.5 Å². The van der Waals surface area contributed by atoms with Crippen LogP contribution in [0.5, 0.6) is 0 Å². The van der Waals surface area contributed by atoms with Crippen LogP contribution in [-0.4, -0.2) is 41.6 Å². The number of hydrogen-bond acceptors (Lipinski definition) is 3. The monoisotopic (exact) mass is 283 g/mol. The largest absolute Gasteiger partial charge is 0.480 e. The molecule has 3 amide bonds. The van der Waals surface area contributed by atoms with Crippen molar-refractivity contribution in [1.82, 2.24) is 16.0 Å². The molecule has 7 nitrogen and oxygen atoms in total. The van der Waals surface area contributed by atoms with Crippen LogP contribution in [0.4, 0.5) is 4.79 Å². The Balaban J connectivity index is 1.66. The third kappa shape index (κ3) is 3.61. The molecule has 7 heteroatoms. The predicted molar refractivity (Wildman–Crippen MR) is 71.0 cm³/mol. The fourth-order valence-corrected chi connectivity index (χ4v) is 2.12. The molecule has 0 spiro atoms. The fourth-order valence-electron chi connectivity index (χ4n) is 2.12. The minimum Gasteiger partial charge on any atom is -0.480 e. The first-order valence-electron chi connectivity index (χ1n) is 7.00. The van der Waals surface area contributed by atoms with E-state index in [-0.39, 0.29) is 24.3 Å². The van der Waals surface area contributed by atoms with Crippen molar-refractivity contribution in [3.05, 3.63) is 0 Å². The van der Waals surface area contributed by atoms with Crippen LogP contribution in [0, 0.1) is 11.8 Å². The Labute approximate surface area is 117 Å². The Kier molecular flexibility index (Phi) is 4.15. The van der Waals surface area contributed by atoms with E-state index in [9.17, 15) is 19.5 Å². The molecule has 2 aliphatic rings. The molecule has 2 saturated carbocycles. The van der Waals surface area contributed by atoms with E-state index in [1.807, 2.05) is 0 Å². The molecule has 2 rings (SSSR count). The van der Waals surface area contributed by atoms with Gasteiger partial charge in [0, 0.05) is 19.0 Å². The molecule has 2 fully saturated rings. The molecule has 1 atom stereocenters. The first kappa shape index (κ1) is 14.6. The van der Waals surface area contributed by atoms with Crippen molar-refractivity contribution < 1.29 is 19.5 Å². The van der Waals surface area contributed by atoms with Crippen LogP contribution in [-0.2, 0) is 9.59 Å². The van der Waals surface area contributed by atoms with Gasteiger partial charge in [0.2, 0.25) is 5.91 Å².